The molecule has 0 saturated carbocycles. The number of carbonyl (C=O) groups excluding carboxylic acids is 2. The molecule has 108 valence electrons. The smallest absolute Gasteiger partial charge is 0.340 e. The van der Waals surface area contributed by atoms with Crippen molar-refractivity contribution in [1.82, 2.24) is 4.98 Å². The maximum Gasteiger partial charge on any atom is 0.340 e. The summed E-state index contributed by atoms with van der Waals surface area (Å²) in [6.07, 6.45) is 0.401. The number of ether oxygens (including phenoxy) is 1. The van der Waals surface area contributed by atoms with E-state index in [2.05, 4.69) is 4.98 Å². The maximum absolute atomic E-state index is 12.2. The minimum Gasteiger partial charge on any atom is -0.462 e. The van der Waals surface area contributed by atoms with Gasteiger partial charge in [0, 0.05) is 23.6 Å². The lowest BCUT2D eigenvalue weighted by molar-refractivity contribution is 0.0524. The van der Waals surface area contributed by atoms with Crippen molar-refractivity contribution in [3.8, 4) is 0 Å². The number of aromatic nitrogens is 1. The predicted molar refractivity (Wildman–Crippen MR) is 78.7 cm³/mol. The van der Waals surface area contributed by atoms with Crippen molar-refractivity contribution in [3.63, 3.8) is 0 Å². The number of Topliss-reactive ketones (excluding diaryl/α,β-unsaturated/α-hetero) is 1. The fourth-order valence-electron chi connectivity index (χ4n) is 3.04. The van der Waals surface area contributed by atoms with Gasteiger partial charge in [-0.3, -0.25) is 4.79 Å². The van der Waals surface area contributed by atoms with E-state index in [0.29, 0.717) is 30.0 Å². The van der Waals surface area contributed by atoms with Gasteiger partial charge in [-0.05, 0) is 19.4 Å². The van der Waals surface area contributed by atoms with Crippen LogP contribution in [0.4, 0.5) is 0 Å². The van der Waals surface area contributed by atoms with Crippen molar-refractivity contribution in [2.24, 2.45) is 0 Å². The monoisotopic (exact) mass is 283 g/mol. The zero-order valence-electron chi connectivity index (χ0n) is 12.1. The van der Waals surface area contributed by atoms with Crippen molar-refractivity contribution in [3.05, 3.63) is 58.4 Å². The molecule has 1 unspecified atom stereocenters. The molecular weight excluding hydrogens is 266 g/mol. The average Bonchev–Trinajstić information content (AvgIpc) is 2.97. The second-order valence-electron chi connectivity index (χ2n) is 5.22. The molecule has 1 aliphatic carbocycles. The molecule has 0 radical (unpaired) electrons. The van der Waals surface area contributed by atoms with Gasteiger partial charge in [0.15, 0.2) is 5.78 Å². The Hall–Kier alpha value is -2.36. The molecule has 0 spiro atoms. The number of aryl methyl sites for hydroxylation is 1. The molecule has 0 amide bonds. The standard InChI is InChI=1S/C17H17NO3/c1-3-21-17(20)14-10(2)18-16-13(19)9-12(15(14)16)11-7-5-4-6-8-11/h4-8,12,18H,3,9H2,1-2H3. The summed E-state index contributed by atoms with van der Waals surface area (Å²) in [6, 6.07) is 9.81. The van der Waals surface area contributed by atoms with Crippen LogP contribution in [0, 0.1) is 6.92 Å². The second kappa shape index (κ2) is 5.20. The molecule has 0 saturated heterocycles. The fraction of sp³-hybridized carbons (Fsp3) is 0.294. The highest BCUT2D eigenvalue weighted by atomic mass is 16.5. The number of hydrogen-bond acceptors (Lipinski definition) is 3. The first kappa shape index (κ1) is 13.6. The molecule has 0 fully saturated rings. The first-order chi connectivity index (χ1) is 10.1. The third-order valence-electron chi connectivity index (χ3n) is 3.92. The summed E-state index contributed by atoms with van der Waals surface area (Å²) in [7, 11) is 0. The molecule has 3 rings (SSSR count). The van der Waals surface area contributed by atoms with E-state index in [1.807, 2.05) is 30.3 Å². The van der Waals surface area contributed by atoms with Crippen LogP contribution < -0.4 is 0 Å². The Morgan fingerprint density at radius 1 is 1.33 bits per heavy atom. The fourth-order valence-corrected chi connectivity index (χ4v) is 3.04. The number of esters is 1. The Balaban J connectivity index is 2.13. The molecule has 2 aromatic rings. The van der Waals surface area contributed by atoms with E-state index in [9.17, 15) is 9.59 Å². The summed E-state index contributed by atoms with van der Waals surface area (Å²) >= 11 is 0. The summed E-state index contributed by atoms with van der Waals surface area (Å²) in [5.74, 6) is -0.376. The van der Waals surface area contributed by atoms with Crippen molar-refractivity contribution in [1.29, 1.82) is 0 Å². The molecule has 1 N–H and O–H groups in total. The van der Waals surface area contributed by atoms with Crippen LogP contribution in [0.2, 0.25) is 0 Å². The highest BCUT2D eigenvalue weighted by molar-refractivity contribution is 6.05. The highest BCUT2D eigenvalue weighted by Gasteiger charge is 2.37. The number of rotatable bonds is 3. The number of benzene rings is 1. The summed E-state index contributed by atoms with van der Waals surface area (Å²) in [6.45, 7) is 3.90. The van der Waals surface area contributed by atoms with Crippen molar-refractivity contribution >= 4 is 11.8 Å². The van der Waals surface area contributed by atoms with Gasteiger partial charge in [0.25, 0.3) is 0 Å². The summed E-state index contributed by atoms with van der Waals surface area (Å²) < 4.78 is 5.14. The van der Waals surface area contributed by atoms with Gasteiger partial charge in [0.05, 0.1) is 17.9 Å². The Bertz CT molecular complexity index is 700. The molecule has 1 aliphatic rings. The van der Waals surface area contributed by atoms with E-state index in [4.69, 9.17) is 4.74 Å². The van der Waals surface area contributed by atoms with Gasteiger partial charge in [0.2, 0.25) is 0 Å². The largest absolute Gasteiger partial charge is 0.462 e. The van der Waals surface area contributed by atoms with Gasteiger partial charge in [0.1, 0.15) is 0 Å². The summed E-state index contributed by atoms with van der Waals surface area (Å²) in [5, 5.41) is 0. The van der Waals surface area contributed by atoms with E-state index in [-0.39, 0.29) is 17.7 Å². The molecule has 1 aromatic carbocycles. The number of ketones is 1. The van der Waals surface area contributed by atoms with Gasteiger partial charge < -0.3 is 9.72 Å². The lowest BCUT2D eigenvalue weighted by Crippen LogP contribution is -2.10. The molecule has 0 aliphatic heterocycles. The molecule has 0 bridgehead atoms. The van der Waals surface area contributed by atoms with Gasteiger partial charge in [-0.1, -0.05) is 30.3 Å². The van der Waals surface area contributed by atoms with Crippen LogP contribution in [0.1, 0.15) is 56.9 Å². The molecule has 21 heavy (non-hydrogen) atoms. The quantitative estimate of drug-likeness (QED) is 0.880. The van der Waals surface area contributed by atoms with E-state index in [0.717, 1.165) is 11.1 Å². The first-order valence-electron chi connectivity index (χ1n) is 7.11. The van der Waals surface area contributed by atoms with Crippen LogP contribution in [0.3, 0.4) is 0 Å². The van der Waals surface area contributed by atoms with Gasteiger partial charge in [-0.15, -0.1) is 0 Å². The molecule has 1 atom stereocenters. The van der Waals surface area contributed by atoms with Crippen molar-refractivity contribution < 1.29 is 14.3 Å². The lowest BCUT2D eigenvalue weighted by Gasteiger charge is -2.12. The lowest BCUT2D eigenvalue weighted by atomic mass is 9.91. The molecule has 1 aromatic heterocycles. The normalized spacial score (nSPS) is 16.9. The average molecular weight is 283 g/mol. The number of hydrogen-bond donors (Lipinski definition) is 1. The summed E-state index contributed by atoms with van der Waals surface area (Å²) in [5.41, 5.74) is 3.62. The van der Waals surface area contributed by atoms with Gasteiger partial charge in [-0.25, -0.2) is 4.79 Å². The minimum absolute atomic E-state index is 0.0532. The zero-order chi connectivity index (χ0) is 15.0. The third-order valence-corrected chi connectivity index (χ3v) is 3.92. The van der Waals surface area contributed by atoms with E-state index in [1.54, 1.807) is 13.8 Å². The van der Waals surface area contributed by atoms with E-state index >= 15 is 0 Å². The van der Waals surface area contributed by atoms with E-state index in [1.165, 1.54) is 0 Å². The third kappa shape index (κ3) is 2.17. The number of nitrogens with one attached hydrogen (secondary N) is 1. The molecular formula is C17H17NO3. The number of H-pyrrole nitrogens is 1. The molecule has 1 heterocycles. The Labute approximate surface area is 123 Å². The predicted octanol–water partition coefficient (Wildman–Crippen LogP) is 3.22. The van der Waals surface area contributed by atoms with Crippen LogP contribution in [-0.2, 0) is 4.74 Å². The molecule has 4 nitrogen and oxygen atoms in total. The Morgan fingerprint density at radius 3 is 2.71 bits per heavy atom. The highest BCUT2D eigenvalue weighted by Crippen LogP contribution is 2.41. The Kier molecular flexibility index (Phi) is 3.37. The molecule has 4 heteroatoms. The first-order valence-corrected chi connectivity index (χ1v) is 7.11. The minimum atomic E-state index is -0.358. The van der Waals surface area contributed by atoms with Crippen LogP contribution in [0.15, 0.2) is 30.3 Å². The maximum atomic E-state index is 12.2. The van der Waals surface area contributed by atoms with Crippen LogP contribution in [-0.4, -0.2) is 23.3 Å². The topological polar surface area (TPSA) is 59.2 Å². The van der Waals surface area contributed by atoms with Gasteiger partial charge in [-0.2, -0.15) is 0 Å². The van der Waals surface area contributed by atoms with E-state index < -0.39 is 0 Å². The number of aromatic amines is 1. The number of fused-ring (bicyclic) bond motifs is 1. The summed E-state index contributed by atoms with van der Waals surface area (Å²) in [4.78, 5) is 27.5. The van der Waals surface area contributed by atoms with Crippen LogP contribution in [0.25, 0.3) is 0 Å². The van der Waals surface area contributed by atoms with Crippen LogP contribution in [0.5, 0.6) is 0 Å². The van der Waals surface area contributed by atoms with Crippen molar-refractivity contribution in [2.75, 3.05) is 6.61 Å². The van der Waals surface area contributed by atoms with Gasteiger partial charge >= 0.3 is 5.97 Å². The zero-order valence-corrected chi connectivity index (χ0v) is 12.1. The van der Waals surface area contributed by atoms with Crippen molar-refractivity contribution in [2.45, 2.75) is 26.2 Å². The number of carbonyl (C=O) groups is 2. The second-order valence-corrected chi connectivity index (χ2v) is 5.22. The Morgan fingerprint density at radius 2 is 2.05 bits per heavy atom. The van der Waals surface area contributed by atoms with Crippen LogP contribution >= 0.6 is 0 Å². The SMILES string of the molecule is CCOC(=O)c1c(C)[nH]c2c1C(c1ccccc1)CC2=O.